The highest BCUT2D eigenvalue weighted by atomic mass is 19.3. The number of rotatable bonds is 2. The van der Waals surface area contributed by atoms with Crippen LogP contribution in [-0.2, 0) is 6.42 Å². The van der Waals surface area contributed by atoms with Gasteiger partial charge in [0.15, 0.2) is 5.43 Å². The Morgan fingerprint density at radius 3 is 2.46 bits per heavy atom. The highest BCUT2D eigenvalue weighted by Crippen LogP contribution is 2.44. The highest BCUT2D eigenvalue weighted by molar-refractivity contribution is 5.88. The lowest BCUT2D eigenvalue weighted by Crippen LogP contribution is -2.56. The number of carboxylic acid groups (broad SMARTS) is 1. The van der Waals surface area contributed by atoms with Crippen LogP contribution in [0.15, 0.2) is 35.3 Å². The van der Waals surface area contributed by atoms with Crippen LogP contribution in [-0.4, -0.2) is 34.7 Å². The van der Waals surface area contributed by atoms with E-state index in [1.54, 1.807) is 4.90 Å². The summed E-state index contributed by atoms with van der Waals surface area (Å²) in [4.78, 5) is 25.4. The molecule has 1 saturated heterocycles. The molecule has 28 heavy (non-hydrogen) atoms. The number of pyridine rings is 1. The zero-order chi connectivity index (χ0) is 20.4. The van der Waals surface area contributed by atoms with Crippen molar-refractivity contribution in [1.29, 1.82) is 0 Å². The van der Waals surface area contributed by atoms with Crippen LogP contribution in [0.5, 0.6) is 0 Å². The summed E-state index contributed by atoms with van der Waals surface area (Å²) in [5.74, 6) is -3.92. The van der Waals surface area contributed by atoms with Crippen molar-refractivity contribution in [2.45, 2.75) is 39.2 Å². The molecule has 148 valence electrons. The van der Waals surface area contributed by atoms with Gasteiger partial charge in [-0.25, -0.2) is 13.6 Å². The molecular weight excluding hydrogens is 366 g/mol. The molecule has 0 spiro atoms. The molecule has 2 aromatic rings. The average Bonchev–Trinajstić information content (AvgIpc) is 2.56. The Hall–Kier alpha value is -2.70. The van der Waals surface area contributed by atoms with E-state index in [1.165, 1.54) is 12.3 Å². The summed E-state index contributed by atoms with van der Waals surface area (Å²) in [6.07, 6.45) is 2.09. The van der Waals surface area contributed by atoms with Crippen LogP contribution in [0.4, 0.5) is 14.5 Å². The predicted molar refractivity (Wildman–Crippen MR) is 102 cm³/mol. The Labute approximate surface area is 161 Å². The maximum atomic E-state index is 13.3. The standard InChI is InChI=1S/C21H22F2N2O3/c1-20(2,3)18-6-12-4-5-13(24-10-21(22,23)11-24)7-14(12)16-8-17(26)15(19(27)28)9-25(16)18/h4-5,7-9,18H,6,10-11H2,1-3H3,(H,27,28). The molecule has 7 heteroatoms. The van der Waals surface area contributed by atoms with Crippen molar-refractivity contribution >= 4 is 11.7 Å². The van der Waals surface area contributed by atoms with Crippen molar-refractivity contribution in [2.24, 2.45) is 5.41 Å². The van der Waals surface area contributed by atoms with Crippen molar-refractivity contribution in [1.82, 2.24) is 4.57 Å². The number of carbonyl (C=O) groups is 1. The zero-order valence-corrected chi connectivity index (χ0v) is 16.0. The van der Waals surface area contributed by atoms with Gasteiger partial charge in [0, 0.05) is 29.6 Å². The fraction of sp³-hybridized carbons (Fsp3) is 0.429. The summed E-state index contributed by atoms with van der Waals surface area (Å²) in [5.41, 5.74) is 2.14. The lowest BCUT2D eigenvalue weighted by atomic mass is 9.78. The Morgan fingerprint density at radius 1 is 1.21 bits per heavy atom. The van der Waals surface area contributed by atoms with Gasteiger partial charge in [0.25, 0.3) is 5.92 Å². The van der Waals surface area contributed by atoms with Crippen LogP contribution < -0.4 is 10.3 Å². The number of nitrogens with zero attached hydrogens (tertiary/aromatic N) is 2. The third-order valence-corrected chi connectivity index (χ3v) is 5.64. The van der Waals surface area contributed by atoms with Crippen molar-refractivity contribution in [2.75, 3.05) is 18.0 Å². The number of benzene rings is 1. The molecule has 2 aliphatic heterocycles. The minimum Gasteiger partial charge on any atom is -0.477 e. The Kier molecular flexibility index (Phi) is 3.93. The summed E-state index contributed by atoms with van der Waals surface area (Å²) in [6, 6.07) is 6.92. The van der Waals surface area contributed by atoms with E-state index >= 15 is 0 Å². The fourth-order valence-electron chi connectivity index (χ4n) is 4.09. The van der Waals surface area contributed by atoms with E-state index in [4.69, 9.17) is 0 Å². The van der Waals surface area contributed by atoms with E-state index < -0.39 is 17.3 Å². The largest absolute Gasteiger partial charge is 0.477 e. The quantitative estimate of drug-likeness (QED) is 0.850. The summed E-state index contributed by atoms with van der Waals surface area (Å²) in [5, 5.41) is 9.37. The second-order valence-corrected chi connectivity index (χ2v) is 8.79. The van der Waals surface area contributed by atoms with Crippen LogP contribution in [0.25, 0.3) is 11.3 Å². The molecule has 1 atom stereocenters. The van der Waals surface area contributed by atoms with E-state index in [1.807, 2.05) is 22.8 Å². The number of fused-ring (bicyclic) bond motifs is 3. The number of hydrogen-bond acceptors (Lipinski definition) is 3. The number of aromatic nitrogens is 1. The Morgan fingerprint density at radius 2 is 1.89 bits per heavy atom. The third-order valence-electron chi connectivity index (χ3n) is 5.64. The number of aromatic carboxylic acids is 1. The van der Waals surface area contributed by atoms with E-state index in [0.29, 0.717) is 17.8 Å². The second-order valence-electron chi connectivity index (χ2n) is 8.79. The molecule has 0 amide bonds. The lowest BCUT2D eigenvalue weighted by molar-refractivity contribution is -0.0262. The van der Waals surface area contributed by atoms with E-state index in [-0.39, 0.29) is 30.1 Å². The average molecular weight is 388 g/mol. The second kappa shape index (κ2) is 5.90. The summed E-state index contributed by atoms with van der Waals surface area (Å²) < 4.78 is 28.4. The molecule has 0 bridgehead atoms. The molecule has 0 radical (unpaired) electrons. The first-order valence-corrected chi connectivity index (χ1v) is 9.22. The van der Waals surface area contributed by atoms with E-state index in [0.717, 1.165) is 11.1 Å². The van der Waals surface area contributed by atoms with Crippen molar-refractivity contribution in [3.05, 3.63) is 51.8 Å². The number of hydrogen-bond donors (Lipinski definition) is 1. The van der Waals surface area contributed by atoms with Crippen molar-refractivity contribution in [3.63, 3.8) is 0 Å². The van der Waals surface area contributed by atoms with Crippen LogP contribution in [0.1, 0.15) is 42.7 Å². The topological polar surface area (TPSA) is 62.5 Å². The number of carboxylic acids is 1. The molecule has 0 saturated carbocycles. The third kappa shape index (κ3) is 2.99. The zero-order valence-electron chi connectivity index (χ0n) is 16.0. The maximum absolute atomic E-state index is 13.3. The van der Waals surface area contributed by atoms with Gasteiger partial charge in [-0.1, -0.05) is 26.8 Å². The number of halogens is 2. The minimum absolute atomic E-state index is 0.0344. The molecule has 3 heterocycles. The number of alkyl halides is 2. The number of anilines is 1. The van der Waals surface area contributed by atoms with Gasteiger partial charge in [-0.3, -0.25) is 4.79 Å². The van der Waals surface area contributed by atoms with E-state index in [2.05, 4.69) is 20.8 Å². The normalized spacial score (nSPS) is 20.2. The fourth-order valence-corrected chi connectivity index (χ4v) is 4.09. The molecule has 0 aliphatic carbocycles. The van der Waals surface area contributed by atoms with Crippen molar-refractivity contribution < 1.29 is 18.7 Å². The molecule has 2 aliphatic rings. The summed E-state index contributed by atoms with van der Waals surface area (Å²) in [6.45, 7) is 5.58. The first-order chi connectivity index (χ1) is 13.0. The molecular formula is C21H22F2N2O3. The highest BCUT2D eigenvalue weighted by Gasteiger charge is 2.44. The molecule has 1 unspecified atom stereocenters. The molecule has 1 aromatic carbocycles. The van der Waals surface area contributed by atoms with Gasteiger partial charge in [-0.05, 0) is 29.5 Å². The van der Waals surface area contributed by atoms with Gasteiger partial charge in [0.05, 0.1) is 18.8 Å². The van der Waals surface area contributed by atoms with Crippen LogP contribution in [0.2, 0.25) is 0 Å². The predicted octanol–water partition coefficient (Wildman–Crippen LogP) is 3.81. The lowest BCUT2D eigenvalue weighted by Gasteiger charge is -2.42. The van der Waals surface area contributed by atoms with Crippen molar-refractivity contribution in [3.8, 4) is 11.3 Å². The van der Waals surface area contributed by atoms with Gasteiger partial charge < -0.3 is 14.6 Å². The Bertz CT molecular complexity index is 1030. The molecule has 1 fully saturated rings. The monoisotopic (exact) mass is 388 g/mol. The molecule has 1 aromatic heterocycles. The maximum Gasteiger partial charge on any atom is 0.341 e. The van der Waals surface area contributed by atoms with Gasteiger partial charge in [0.1, 0.15) is 5.56 Å². The van der Waals surface area contributed by atoms with Crippen LogP contribution in [0, 0.1) is 5.41 Å². The Balaban J connectivity index is 1.87. The smallest absolute Gasteiger partial charge is 0.341 e. The molecule has 4 rings (SSSR count). The van der Waals surface area contributed by atoms with Gasteiger partial charge in [-0.15, -0.1) is 0 Å². The van der Waals surface area contributed by atoms with E-state index in [9.17, 15) is 23.5 Å². The van der Waals surface area contributed by atoms with Gasteiger partial charge in [-0.2, -0.15) is 0 Å². The van der Waals surface area contributed by atoms with Crippen LogP contribution >= 0.6 is 0 Å². The first kappa shape index (κ1) is 18.7. The SMILES string of the molecule is CC(C)(C)C1Cc2ccc(N3CC(F)(F)C3)cc2-c2cc(=O)c(C(=O)O)cn21. The summed E-state index contributed by atoms with van der Waals surface area (Å²) >= 11 is 0. The first-order valence-electron chi connectivity index (χ1n) is 9.22. The summed E-state index contributed by atoms with van der Waals surface area (Å²) in [7, 11) is 0. The van der Waals surface area contributed by atoms with Gasteiger partial charge in [0.2, 0.25) is 0 Å². The van der Waals surface area contributed by atoms with Gasteiger partial charge >= 0.3 is 5.97 Å². The minimum atomic E-state index is -2.67. The molecule has 1 N–H and O–H groups in total. The molecule has 5 nitrogen and oxygen atoms in total. The van der Waals surface area contributed by atoms with Crippen LogP contribution in [0.3, 0.4) is 0 Å².